The van der Waals surface area contributed by atoms with E-state index in [2.05, 4.69) is 21.2 Å². The van der Waals surface area contributed by atoms with E-state index in [-0.39, 0.29) is 10.7 Å². The summed E-state index contributed by atoms with van der Waals surface area (Å²) in [4.78, 5) is 27.0. The maximum absolute atomic E-state index is 13.2. The topological polar surface area (TPSA) is 62.6 Å². The zero-order chi connectivity index (χ0) is 22.3. The second-order valence-electron chi connectivity index (χ2n) is 6.72. The van der Waals surface area contributed by atoms with E-state index < -0.39 is 11.8 Å². The van der Waals surface area contributed by atoms with Crippen molar-refractivity contribution in [2.45, 2.75) is 6.92 Å². The number of carbonyl (C=O) groups excluding carboxylic acids is 2. The summed E-state index contributed by atoms with van der Waals surface area (Å²) in [5, 5.41) is 3.42. The lowest BCUT2D eigenvalue weighted by Gasteiger charge is -2.29. The van der Waals surface area contributed by atoms with Crippen molar-refractivity contribution >= 4 is 80.0 Å². The quantitative estimate of drug-likeness (QED) is 0.248. The lowest BCUT2D eigenvalue weighted by Crippen LogP contribution is -2.54. The number of amides is 2. The van der Waals surface area contributed by atoms with E-state index in [0.717, 1.165) is 10.0 Å². The number of carbonyl (C=O) groups is 2. The standard InChI is InChI=1S/C22H13BrCl2N2O3S/c1-11-8-13(23)3-6-18(11)27-21(29)15(20(28)26-22(27)31)10-14-4-7-19(30-14)12-2-5-16(24)17(25)9-12/h2-10H,1H3,(H,26,28,31)/b15-10-. The summed E-state index contributed by atoms with van der Waals surface area (Å²) in [5.41, 5.74) is 2.03. The molecule has 1 N–H and O–H groups in total. The van der Waals surface area contributed by atoms with Gasteiger partial charge in [0.25, 0.3) is 11.8 Å². The molecule has 2 aromatic carbocycles. The Labute approximate surface area is 201 Å². The summed E-state index contributed by atoms with van der Waals surface area (Å²) < 4.78 is 6.67. The van der Waals surface area contributed by atoms with Gasteiger partial charge in [-0.3, -0.25) is 19.8 Å². The highest BCUT2D eigenvalue weighted by molar-refractivity contribution is 9.10. The van der Waals surface area contributed by atoms with Crippen LogP contribution in [0.4, 0.5) is 5.69 Å². The van der Waals surface area contributed by atoms with Crippen LogP contribution in [0.2, 0.25) is 10.0 Å². The van der Waals surface area contributed by atoms with E-state index in [4.69, 9.17) is 39.8 Å². The molecule has 31 heavy (non-hydrogen) atoms. The molecule has 3 aromatic rings. The molecule has 4 rings (SSSR count). The zero-order valence-corrected chi connectivity index (χ0v) is 19.8. The molecule has 0 saturated carbocycles. The monoisotopic (exact) mass is 534 g/mol. The highest BCUT2D eigenvalue weighted by Crippen LogP contribution is 2.31. The number of furan rings is 1. The smallest absolute Gasteiger partial charge is 0.270 e. The van der Waals surface area contributed by atoms with E-state index in [0.29, 0.717) is 32.8 Å². The number of rotatable bonds is 3. The highest BCUT2D eigenvalue weighted by Gasteiger charge is 2.35. The van der Waals surface area contributed by atoms with Crippen LogP contribution in [0.25, 0.3) is 17.4 Å². The number of aryl methyl sites for hydroxylation is 1. The summed E-state index contributed by atoms with van der Waals surface area (Å²) >= 11 is 20.7. The van der Waals surface area contributed by atoms with Gasteiger partial charge in [-0.25, -0.2) is 0 Å². The molecule has 2 heterocycles. The van der Waals surface area contributed by atoms with Gasteiger partial charge in [-0.05, 0) is 79.3 Å². The predicted octanol–water partition coefficient (Wildman–Crippen LogP) is 6.16. The van der Waals surface area contributed by atoms with Crippen molar-refractivity contribution < 1.29 is 14.0 Å². The Hall–Kier alpha value is -2.45. The number of thiocarbonyl (C=S) groups is 1. The first-order chi connectivity index (χ1) is 14.7. The van der Waals surface area contributed by atoms with Crippen LogP contribution in [0.3, 0.4) is 0 Å². The van der Waals surface area contributed by atoms with Crippen molar-refractivity contribution in [1.29, 1.82) is 0 Å². The van der Waals surface area contributed by atoms with Crippen molar-refractivity contribution in [3.63, 3.8) is 0 Å². The minimum Gasteiger partial charge on any atom is -0.457 e. The number of hydrogen-bond acceptors (Lipinski definition) is 4. The van der Waals surface area contributed by atoms with Gasteiger partial charge in [-0.2, -0.15) is 0 Å². The fraction of sp³-hybridized carbons (Fsp3) is 0.0455. The molecule has 1 aromatic heterocycles. The minimum atomic E-state index is -0.589. The second-order valence-corrected chi connectivity index (χ2v) is 8.84. The summed E-state index contributed by atoms with van der Waals surface area (Å²) in [5.74, 6) is -0.273. The Morgan fingerprint density at radius 1 is 1.06 bits per heavy atom. The van der Waals surface area contributed by atoms with E-state index in [1.54, 1.807) is 42.5 Å². The van der Waals surface area contributed by atoms with Crippen molar-refractivity contribution in [1.82, 2.24) is 5.32 Å². The molecule has 0 bridgehead atoms. The molecule has 1 fully saturated rings. The number of benzene rings is 2. The Morgan fingerprint density at radius 3 is 2.55 bits per heavy atom. The Kier molecular flexibility index (Phi) is 6.03. The summed E-state index contributed by atoms with van der Waals surface area (Å²) in [6.45, 7) is 1.85. The molecule has 0 aliphatic carbocycles. The van der Waals surface area contributed by atoms with Crippen molar-refractivity contribution in [3.05, 3.63) is 79.9 Å². The number of halogens is 3. The molecular weight excluding hydrogens is 523 g/mol. The molecule has 0 atom stereocenters. The van der Waals surface area contributed by atoms with Crippen LogP contribution in [0.5, 0.6) is 0 Å². The lowest BCUT2D eigenvalue weighted by atomic mass is 10.1. The highest BCUT2D eigenvalue weighted by atomic mass is 79.9. The van der Waals surface area contributed by atoms with E-state index in [1.807, 2.05) is 13.0 Å². The van der Waals surface area contributed by atoms with Gasteiger partial charge >= 0.3 is 0 Å². The lowest BCUT2D eigenvalue weighted by molar-refractivity contribution is -0.122. The molecule has 5 nitrogen and oxygen atoms in total. The van der Waals surface area contributed by atoms with Crippen LogP contribution < -0.4 is 10.2 Å². The summed E-state index contributed by atoms with van der Waals surface area (Å²) in [6, 6.07) is 13.9. The number of anilines is 1. The molecular formula is C22H13BrCl2N2O3S. The first kappa shape index (κ1) is 21.8. The fourth-order valence-corrected chi connectivity index (χ4v) is 4.17. The Balaban J connectivity index is 1.69. The van der Waals surface area contributed by atoms with E-state index in [9.17, 15) is 9.59 Å². The van der Waals surface area contributed by atoms with Crippen LogP contribution in [-0.4, -0.2) is 16.9 Å². The molecule has 2 amide bonds. The normalized spacial score (nSPS) is 15.5. The van der Waals surface area contributed by atoms with Gasteiger partial charge in [0.15, 0.2) is 5.11 Å². The molecule has 1 saturated heterocycles. The van der Waals surface area contributed by atoms with Gasteiger partial charge in [0, 0.05) is 10.0 Å². The third kappa shape index (κ3) is 4.32. The molecule has 156 valence electrons. The largest absolute Gasteiger partial charge is 0.457 e. The fourth-order valence-electron chi connectivity index (χ4n) is 3.12. The third-order valence-electron chi connectivity index (χ3n) is 4.62. The van der Waals surface area contributed by atoms with Crippen LogP contribution in [0.15, 0.2) is 63.0 Å². The van der Waals surface area contributed by atoms with E-state index >= 15 is 0 Å². The molecule has 0 radical (unpaired) electrons. The summed E-state index contributed by atoms with van der Waals surface area (Å²) in [7, 11) is 0. The third-order valence-corrected chi connectivity index (χ3v) is 6.14. The minimum absolute atomic E-state index is 0.0218. The number of nitrogens with zero attached hydrogens (tertiary/aromatic N) is 1. The van der Waals surface area contributed by atoms with Crippen molar-refractivity contribution in [3.8, 4) is 11.3 Å². The number of nitrogens with one attached hydrogen (secondary N) is 1. The molecule has 1 aliphatic heterocycles. The molecule has 9 heteroatoms. The van der Waals surface area contributed by atoms with Crippen LogP contribution in [0.1, 0.15) is 11.3 Å². The average Bonchev–Trinajstić information content (AvgIpc) is 3.17. The number of hydrogen-bond donors (Lipinski definition) is 1. The van der Waals surface area contributed by atoms with Gasteiger partial charge in [0.1, 0.15) is 17.1 Å². The predicted molar refractivity (Wildman–Crippen MR) is 129 cm³/mol. The summed E-state index contributed by atoms with van der Waals surface area (Å²) in [6.07, 6.45) is 1.39. The Bertz CT molecular complexity index is 1290. The average molecular weight is 536 g/mol. The maximum atomic E-state index is 13.2. The zero-order valence-electron chi connectivity index (χ0n) is 15.9. The maximum Gasteiger partial charge on any atom is 0.270 e. The van der Waals surface area contributed by atoms with Crippen LogP contribution in [0, 0.1) is 6.92 Å². The van der Waals surface area contributed by atoms with Crippen LogP contribution in [-0.2, 0) is 9.59 Å². The van der Waals surface area contributed by atoms with Crippen molar-refractivity contribution in [2.24, 2.45) is 0 Å². The van der Waals surface area contributed by atoms with Gasteiger partial charge in [-0.15, -0.1) is 0 Å². The van der Waals surface area contributed by atoms with Gasteiger partial charge in [0.2, 0.25) is 0 Å². The van der Waals surface area contributed by atoms with Crippen LogP contribution >= 0.6 is 51.3 Å². The van der Waals surface area contributed by atoms with Gasteiger partial charge in [-0.1, -0.05) is 39.1 Å². The molecule has 0 spiro atoms. The molecule has 1 aliphatic rings. The first-order valence-electron chi connectivity index (χ1n) is 8.97. The SMILES string of the molecule is Cc1cc(Br)ccc1N1C(=O)/C(=C\c2ccc(-c3ccc(Cl)c(Cl)c3)o2)C(=O)NC1=S. The second kappa shape index (κ2) is 8.59. The van der Waals surface area contributed by atoms with Gasteiger partial charge < -0.3 is 4.42 Å². The van der Waals surface area contributed by atoms with E-state index in [1.165, 1.54) is 11.0 Å². The van der Waals surface area contributed by atoms with Crippen molar-refractivity contribution in [2.75, 3.05) is 4.90 Å². The first-order valence-corrected chi connectivity index (χ1v) is 10.9. The molecule has 0 unspecified atom stereocenters. The Morgan fingerprint density at radius 2 is 1.84 bits per heavy atom. The van der Waals surface area contributed by atoms with Gasteiger partial charge in [0.05, 0.1) is 15.7 Å².